The first kappa shape index (κ1) is 61.5. The molecule has 3 atom stereocenters. The Labute approximate surface area is 480 Å². The summed E-state index contributed by atoms with van der Waals surface area (Å²) in [5.74, 6) is 1.66. The predicted molar refractivity (Wildman–Crippen MR) is 309 cm³/mol. The number of benzene rings is 2. The number of rotatable bonds is 10. The summed E-state index contributed by atoms with van der Waals surface area (Å²) in [5, 5.41) is 4.85. The van der Waals surface area contributed by atoms with Crippen molar-refractivity contribution >= 4 is 46.2 Å². The number of alkyl halides is 4. The van der Waals surface area contributed by atoms with Gasteiger partial charge in [0.05, 0.1) is 35.4 Å². The van der Waals surface area contributed by atoms with Crippen LogP contribution in [-0.4, -0.2) is 180 Å². The number of fused-ring (bicyclic) bond motifs is 6. The maximum Gasteiger partial charge on any atom is 0.406 e. The molecule has 3 fully saturated rings. The molecular weight excluding hydrogens is 1060 g/mol. The van der Waals surface area contributed by atoms with Gasteiger partial charge in [-0.15, -0.1) is 0 Å². The average molecular weight is 1140 g/mol. The van der Waals surface area contributed by atoms with Crippen molar-refractivity contribution in [3.63, 3.8) is 0 Å². The van der Waals surface area contributed by atoms with E-state index in [4.69, 9.17) is 9.72 Å². The van der Waals surface area contributed by atoms with E-state index in [0.717, 1.165) is 36.8 Å². The molecule has 4 amide bonds. The van der Waals surface area contributed by atoms with Gasteiger partial charge in [-0.05, 0) is 112 Å². The van der Waals surface area contributed by atoms with Gasteiger partial charge in [-0.25, -0.2) is 9.82 Å². The van der Waals surface area contributed by atoms with Crippen LogP contribution in [0.15, 0.2) is 54.7 Å². The number of likely N-dealkylation sites (N-methyl/N-ethyl adjacent to an activating group) is 2. The number of amides is 4. The molecule has 20 heteroatoms. The summed E-state index contributed by atoms with van der Waals surface area (Å²) >= 11 is 0. The van der Waals surface area contributed by atoms with Gasteiger partial charge in [0.2, 0.25) is 5.91 Å². The first-order chi connectivity index (χ1) is 38.5. The molecule has 2 N–H and O–H groups in total. The van der Waals surface area contributed by atoms with Crippen LogP contribution in [0, 0.1) is 23.2 Å². The van der Waals surface area contributed by atoms with E-state index in [1.807, 2.05) is 103 Å². The van der Waals surface area contributed by atoms with Crippen LogP contribution in [-0.2, 0) is 48.1 Å². The normalized spacial score (nSPS) is 20.5. The number of likely N-dealkylation sites (tertiary alicyclic amines) is 1. The van der Waals surface area contributed by atoms with E-state index in [0.29, 0.717) is 62.9 Å². The number of nitrogens with one attached hydrogen (secondary N) is 2. The van der Waals surface area contributed by atoms with Crippen molar-refractivity contribution in [2.24, 2.45) is 11.3 Å². The molecule has 0 unspecified atom stereocenters. The highest BCUT2D eigenvalue weighted by Crippen LogP contribution is 2.44. The first-order valence-corrected chi connectivity index (χ1v) is 28.7. The summed E-state index contributed by atoms with van der Waals surface area (Å²) in [5.41, 5.74) is 4.79. The van der Waals surface area contributed by atoms with Crippen LogP contribution in [0.25, 0.3) is 33.3 Å². The van der Waals surface area contributed by atoms with Crippen molar-refractivity contribution in [3.05, 3.63) is 71.5 Å². The van der Waals surface area contributed by atoms with Gasteiger partial charge in [0.25, 0.3) is 17.7 Å². The van der Waals surface area contributed by atoms with Gasteiger partial charge in [-0.3, -0.25) is 38.9 Å². The fourth-order valence-electron chi connectivity index (χ4n) is 11.6. The molecule has 2 aromatic carbocycles. The summed E-state index contributed by atoms with van der Waals surface area (Å²) < 4.78 is 69.6. The molecule has 4 aromatic rings. The molecule has 82 heavy (non-hydrogen) atoms. The van der Waals surface area contributed by atoms with Crippen LogP contribution >= 0.6 is 0 Å². The van der Waals surface area contributed by atoms with Gasteiger partial charge < -0.3 is 34.2 Å². The Hall–Kier alpha value is -6.56. The lowest BCUT2D eigenvalue weighted by molar-refractivity contribution is -0.156. The molecule has 6 bridgehead atoms. The smallest absolute Gasteiger partial charge is 0.406 e. The number of hydrogen-bond acceptors (Lipinski definition) is 11. The van der Waals surface area contributed by atoms with E-state index < -0.39 is 83.0 Å². The number of carbonyl (C=O) groups is 5. The number of aromatic nitrogens is 2. The topological polar surface area (TPSA) is 156 Å². The predicted octanol–water partition coefficient (Wildman–Crippen LogP) is 7.61. The van der Waals surface area contributed by atoms with Gasteiger partial charge in [0.1, 0.15) is 24.7 Å². The molecule has 0 spiro atoms. The lowest BCUT2D eigenvalue weighted by Gasteiger charge is -2.40. The molecule has 4 aliphatic rings. The van der Waals surface area contributed by atoms with Crippen molar-refractivity contribution in [2.75, 3.05) is 85.5 Å². The second-order valence-corrected chi connectivity index (χ2v) is 25.1. The number of halogens is 4. The minimum absolute atomic E-state index is 0.0534. The Morgan fingerprint density at radius 2 is 1.61 bits per heavy atom. The maximum atomic E-state index is 16.9. The molecule has 4 aliphatic heterocycles. The van der Waals surface area contributed by atoms with Crippen LogP contribution in [0.2, 0.25) is 0 Å². The van der Waals surface area contributed by atoms with Gasteiger partial charge in [-0.1, -0.05) is 77.8 Å². The number of piperidine rings is 1. The van der Waals surface area contributed by atoms with E-state index in [2.05, 4.69) is 39.4 Å². The van der Waals surface area contributed by atoms with Crippen molar-refractivity contribution in [2.45, 2.75) is 142 Å². The number of hydrazine groups is 1. The number of pyridine rings is 1. The Balaban J connectivity index is 1.17. The van der Waals surface area contributed by atoms with Crippen molar-refractivity contribution in [3.8, 4) is 34.2 Å². The second-order valence-electron chi connectivity index (χ2n) is 25.1. The molecule has 2 aromatic heterocycles. The zero-order chi connectivity index (χ0) is 59.8. The second kappa shape index (κ2) is 24.3. The molecule has 3 saturated heterocycles. The van der Waals surface area contributed by atoms with Crippen LogP contribution in [0.4, 0.5) is 23.2 Å². The highest BCUT2D eigenvalue weighted by Gasteiger charge is 2.48. The number of esters is 1. The van der Waals surface area contributed by atoms with E-state index in [1.165, 1.54) is 21.5 Å². The molecule has 16 nitrogen and oxygen atoms in total. The summed E-state index contributed by atoms with van der Waals surface area (Å²) in [4.78, 5) is 85.0. The summed E-state index contributed by atoms with van der Waals surface area (Å²) in [6.45, 7) is 16.8. The standard InChI is InChI=1S/C62H82F4N10O6/c1-39(2)52-46(34-44(36-67-52)73-29-27-71(11)28-30-73)54-47-35-59(5,6)38-82-57(80)48-17-14-24-76(69-48)56(79)49(32-41-15-13-16-42(31-41)43-18-19-50(45(47)33-43)75(54)37-62(64,65)66)68-55(78)53(40(3)4)72(12)58(81)61(63)22-25-74(26-23-61)51(77)20-21-60(7,8)70(9)10/h13,15-16,18-19,31,33-34,36,39-40,48-49,53,69H,14,17,22-30,32,35,37-38H2,1-12H3,(H,68,78)/t48-,49-,53-/m0/s1. The van der Waals surface area contributed by atoms with Gasteiger partial charge in [0, 0.05) is 94.0 Å². The lowest BCUT2D eigenvalue weighted by Crippen LogP contribution is -2.63. The van der Waals surface area contributed by atoms with E-state index in [1.54, 1.807) is 26.0 Å². The number of piperazine rings is 1. The monoisotopic (exact) mass is 1140 g/mol. The van der Waals surface area contributed by atoms with Gasteiger partial charge in [0.15, 0.2) is 5.67 Å². The zero-order valence-corrected chi connectivity index (χ0v) is 49.7. The third kappa shape index (κ3) is 13.7. The number of cyclic esters (lactones) is 1. The minimum Gasteiger partial charge on any atom is -0.464 e. The zero-order valence-electron chi connectivity index (χ0n) is 49.7. The Kier molecular flexibility index (Phi) is 18.3. The summed E-state index contributed by atoms with van der Waals surface area (Å²) in [6, 6.07) is 11.3. The van der Waals surface area contributed by atoms with Crippen LogP contribution in [0.5, 0.6) is 0 Å². The first-order valence-electron chi connectivity index (χ1n) is 28.7. The molecule has 0 radical (unpaired) electrons. The summed E-state index contributed by atoms with van der Waals surface area (Å²) in [6.07, 6.45) is -2.49. The Morgan fingerprint density at radius 3 is 2.26 bits per heavy atom. The van der Waals surface area contributed by atoms with Crippen molar-refractivity contribution in [1.29, 1.82) is 0 Å². The lowest BCUT2D eigenvalue weighted by atomic mass is 9.83. The van der Waals surface area contributed by atoms with E-state index in [9.17, 15) is 24.0 Å². The van der Waals surface area contributed by atoms with E-state index >= 15 is 17.6 Å². The highest BCUT2D eigenvalue weighted by molar-refractivity contribution is 5.97. The third-order valence-electron chi connectivity index (χ3n) is 16.8. The minimum atomic E-state index is -4.61. The van der Waals surface area contributed by atoms with Gasteiger partial charge in [-0.2, -0.15) is 13.2 Å². The average Bonchev–Trinajstić information content (AvgIpc) is 3.71. The molecule has 0 aliphatic carbocycles. The number of hydrogen-bond donors (Lipinski definition) is 2. The Bertz CT molecular complexity index is 3110. The molecule has 8 rings (SSSR count). The molecule has 444 valence electrons. The molecule has 0 saturated carbocycles. The SMILES string of the molecule is CC(C)c1ncc(N2CCN(C)CC2)cc1-c1c2c3cc(ccc3n1CC(F)(F)F)-c1cccc(c1)C[C@H](NC(=O)[C@H](C(C)C)N(C)C(=O)C1(F)CCN(C(=O)C#CC(C)(C)N(C)C)CC1)C(=O)N1CCC[C@H](N1)C(=O)OCC(C)(C)C2. The number of ether oxygens (including phenoxy) is 1. The summed E-state index contributed by atoms with van der Waals surface area (Å²) in [7, 11) is 7.13. The molecular formula is C62H82F4N10O6. The Morgan fingerprint density at radius 1 is 0.927 bits per heavy atom. The van der Waals surface area contributed by atoms with E-state index in [-0.39, 0.29) is 57.8 Å². The number of carbonyl (C=O) groups excluding carboxylic acids is 5. The maximum absolute atomic E-state index is 16.9. The van der Waals surface area contributed by atoms with Crippen molar-refractivity contribution in [1.82, 2.24) is 44.9 Å². The fraction of sp³-hybridized carbons (Fsp3) is 0.581. The van der Waals surface area contributed by atoms with Crippen molar-refractivity contribution < 1.29 is 46.3 Å². The third-order valence-corrected chi connectivity index (χ3v) is 16.8. The van der Waals surface area contributed by atoms with Crippen LogP contribution in [0.3, 0.4) is 0 Å². The number of nitrogens with zero attached hydrogens (tertiary/aromatic N) is 8. The van der Waals surface area contributed by atoms with Crippen LogP contribution < -0.4 is 15.6 Å². The molecule has 6 heterocycles. The van der Waals surface area contributed by atoms with Crippen LogP contribution in [0.1, 0.15) is 104 Å². The fourth-order valence-corrected chi connectivity index (χ4v) is 11.6. The quantitative estimate of drug-likeness (QED) is 0.0916. The number of anilines is 1. The largest absolute Gasteiger partial charge is 0.464 e. The van der Waals surface area contributed by atoms with Gasteiger partial charge >= 0.3 is 12.1 Å². The highest BCUT2D eigenvalue weighted by atomic mass is 19.4.